The largest absolute Gasteiger partial charge is 0.357 e. The van der Waals surface area contributed by atoms with Crippen LogP contribution in [0, 0.1) is 0 Å². The highest BCUT2D eigenvalue weighted by atomic mass is 16.0. The number of aliphatic imine (C=N–C) groups is 1. The molecule has 3 atom stereocenters. The topological polar surface area (TPSA) is 121 Å². The van der Waals surface area contributed by atoms with Crippen LogP contribution in [0.5, 0.6) is 0 Å². The SMILES string of the molecule is C1=CN(C2N(N3CCCC3)N(c3cccnn3)C(c3ncccn3)(N3C=NCC3)C2(c2cnccn2)N2CCNC2)CC1. The fourth-order valence-electron chi connectivity index (χ4n) is 7.71. The van der Waals surface area contributed by atoms with Crippen molar-refractivity contribution in [3.8, 4) is 0 Å². The van der Waals surface area contributed by atoms with Crippen LogP contribution < -0.4 is 10.3 Å². The molecule has 14 nitrogen and oxygen atoms in total. The summed E-state index contributed by atoms with van der Waals surface area (Å²) in [5.41, 5.74) is -1.14. The van der Waals surface area contributed by atoms with Crippen molar-refractivity contribution in [1.82, 2.24) is 60.3 Å². The zero-order valence-corrected chi connectivity index (χ0v) is 24.1. The highest BCUT2D eigenvalue weighted by Gasteiger charge is 2.79. The number of hydrogen-bond donors (Lipinski definition) is 1. The minimum atomic E-state index is -1.09. The van der Waals surface area contributed by atoms with Gasteiger partial charge in [0.1, 0.15) is 6.17 Å². The lowest BCUT2D eigenvalue weighted by Gasteiger charge is -2.55. The van der Waals surface area contributed by atoms with Crippen molar-refractivity contribution >= 4 is 12.2 Å². The predicted octanol–water partition coefficient (Wildman–Crippen LogP) is 0.605. The Morgan fingerprint density at radius 3 is 2.49 bits per heavy atom. The maximum atomic E-state index is 5.16. The first-order valence-electron chi connectivity index (χ1n) is 15.2. The average Bonchev–Trinajstić information content (AvgIpc) is 3.91. The van der Waals surface area contributed by atoms with Crippen molar-refractivity contribution in [1.29, 1.82) is 0 Å². The highest BCUT2D eigenvalue weighted by Crippen LogP contribution is 2.61. The molecular formula is C29H36N14. The molecule has 5 aliphatic rings. The third-order valence-corrected chi connectivity index (χ3v) is 9.25. The third kappa shape index (κ3) is 3.83. The Balaban J connectivity index is 1.55. The van der Waals surface area contributed by atoms with Gasteiger partial charge in [-0.1, -0.05) is 6.08 Å². The Morgan fingerprint density at radius 1 is 0.907 bits per heavy atom. The van der Waals surface area contributed by atoms with Gasteiger partial charge in [0.15, 0.2) is 17.2 Å². The smallest absolute Gasteiger partial charge is 0.220 e. The second kappa shape index (κ2) is 10.9. The minimum absolute atomic E-state index is 0.263. The van der Waals surface area contributed by atoms with Gasteiger partial charge in [0.05, 0.1) is 24.8 Å². The second-order valence-electron chi connectivity index (χ2n) is 11.4. The van der Waals surface area contributed by atoms with E-state index in [0.29, 0.717) is 31.4 Å². The van der Waals surface area contributed by atoms with Crippen LogP contribution in [0.2, 0.25) is 0 Å². The van der Waals surface area contributed by atoms with Gasteiger partial charge in [-0.05, 0) is 43.7 Å². The van der Waals surface area contributed by atoms with Crippen LogP contribution in [-0.2, 0) is 11.2 Å². The maximum absolute atomic E-state index is 5.16. The first-order valence-corrected chi connectivity index (χ1v) is 15.2. The summed E-state index contributed by atoms with van der Waals surface area (Å²) in [6.45, 7) is 6.34. The summed E-state index contributed by atoms with van der Waals surface area (Å²) in [5, 5.41) is 20.1. The van der Waals surface area contributed by atoms with Gasteiger partial charge in [-0.15, -0.1) is 10.2 Å². The van der Waals surface area contributed by atoms with Crippen LogP contribution in [-0.4, -0.2) is 120 Å². The van der Waals surface area contributed by atoms with Crippen LogP contribution in [0.15, 0.2) is 72.6 Å². The van der Waals surface area contributed by atoms with Crippen LogP contribution >= 0.6 is 0 Å². The molecule has 222 valence electrons. The number of rotatable bonds is 7. The van der Waals surface area contributed by atoms with Gasteiger partial charge in [-0.25, -0.2) is 20.0 Å². The van der Waals surface area contributed by atoms with Crippen LogP contribution in [0.4, 0.5) is 5.82 Å². The number of nitrogens with zero attached hydrogens (tertiary/aromatic N) is 13. The maximum Gasteiger partial charge on any atom is 0.220 e. The molecule has 3 aromatic heterocycles. The van der Waals surface area contributed by atoms with E-state index in [1.54, 1.807) is 18.6 Å². The summed E-state index contributed by atoms with van der Waals surface area (Å²) >= 11 is 0. The molecule has 0 radical (unpaired) electrons. The fraction of sp³-hybridized carbons (Fsp3) is 0.483. The van der Waals surface area contributed by atoms with Crippen molar-refractivity contribution in [2.45, 2.75) is 36.6 Å². The average molecular weight is 581 g/mol. The lowest BCUT2D eigenvalue weighted by atomic mass is 9.75. The number of hydrazine groups is 2. The highest BCUT2D eigenvalue weighted by molar-refractivity contribution is 5.64. The summed E-state index contributed by atoms with van der Waals surface area (Å²) in [6.07, 6.45) is 20.3. The van der Waals surface area contributed by atoms with Gasteiger partial charge < -0.3 is 15.1 Å². The lowest BCUT2D eigenvalue weighted by Crippen LogP contribution is -2.73. The Labute approximate surface area is 250 Å². The molecule has 3 unspecified atom stereocenters. The van der Waals surface area contributed by atoms with Crippen LogP contribution in [0.3, 0.4) is 0 Å². The zero-order valence-electron chi connectivity index (χ0n) is 24.1. The van der Waals surface area contributed by atoms with E-state index in [9.17, 15) is 0 Å². The summed E-state index contributed by atoms with van der Waals surface area (Å²) in [6, 6.07) is 5.85. The third-order valence-electron chi connectivity index (χ3n) is 9.25. The van der Waals surface area contributed by atoms with Gasteiger partial charge in [0, 0.05) is 76.9 Å². The summed E-state index contributed by atoms with van der Waals surface area (Å²) < 4.78 is 0. The number of aromatic nitrogens is 6. The van der Waals surface area contributed by atoms with Gasteiger partial charge in [-0.3, -0.25) is 19.9 Å². The monoisotopic (exact) mass is 580 g/mol. The quantitative estimate of drug-likeness (QED) is 0.420. The van der Waals surface area contributed by atoms with E-state index in [4.69, 9.17) is 30.0 Å². The van der Waals surface area contributed by atoms with E-state index in [2.05, 4.69) is 52.5 Å². The molecule has 3 fully saturated rings. The Hall–Kier alpha value is -4.11. The van der Waals surface area contributed by atoms with Crippen molar-refractivity contribution in [2.24, 2.45) is 4.99 Å². The molecule has 14 heteroatoms. The Bertz CT molecular complexity index is 1450. The Morgan fingerprint density at radius 2 is 1.81 bits per heavy atom. The molecule has 0 aliphatic carbocycles. The zero-order chi connectivity index (χ0) is 28.7. The molecule has 8 heterocycles. The van der Waals surface area contributed by atoms with Crippen molar-refractivity contribution < 1.29 is 0 Å². The summed E-state index contributed by atoms with van der Waals surface area (Å²) in [4.78, 5) is 32.1. The van der Waals surface area contributed by atoms with Gasteiger partial charge in [-0.2, -0.15) is 5.10 Å². The van der Waals surface area contributed by atoms with E-state index in [0.717, 1.165) is 57.7 Å². The number of hydrogen-bond acceptors (Lipinski definition) is 14. The predicted molar refractivity (Wildman–Crippen MR) is 158 cm³/mol. The van der Waals surface area contributed by atoms with Gasteiger partial charge >= 0.3 is 0 Å². The molecular weight excluding hydrogens is 544 g/mol. The van der Waals surface area contributed by atoms with Crippen molar-refractivity contribution in [3.63, 3.8) is 0 Å². The van der Waals surface area contributed by atoms with E-state index < -0.39 is 11.2 Å². The molecule has 0 aromatic carbocycles. The standard InChI is InChI=1S/C29H36N14/c1-2-16-38(15-1)27-28(39-19-13-31-22-39,24-21-30-11-12-33-24)29(40-20-14-32-23-40,26-34-8-6-9-35-26)42(25-7-5-10-36-37-25)43(27)41-17-3-4-18-41/h1,5-12,15,21,23,27,31H,2-4,13-14,16-20,22H2. The van der Waals surface area contributed by atoms with Crippen molar-refractivity contribution in [3.05, 3.63) is 79.2 Å². The van der Waals surface area contributed by atoms with E-state index in [1.807, 2.05) is 43.1 Å². The van der Waals surface area contributed by atoms with Gasteiger partial charge in [0.25, 0.3) is 0 Å². The van der Waals surface area contributed by atoms with Crippen LogP contribution in [0.25, 0.3) is 0 Å². The van der Waals surface area contributed by atoms with E-state index in [1.165, 1.54) is 0 Å². The summed E-state index contributed by atoms with van der Waals surface area (Å²) in [5.74, 6) is 1.34. The molecule has 0 saturated carbocycles. The molecule has 43 heavy (non-hydrogen) atoms. The molecule has 5 aliphatic heterocycles. The fourth-order valence-corrected chi connectivity index (χ4v) is 7.71. The summed E-state index contributed by atoms with van der Waals surface area (Å²) in [7, 11) is 0. The normalized spacial score (nSPS) is 30.0. The van der Waals surface area contributed by atoms with E-state index in [-0.39, 0.29) is 6.17 Å². The molecule has 1 N–H and O–H groups in total. The molecule has 0 amide bonds. The molecule has 3 aromatic rings. The molecule has 0 bridgehead atoms. The van der Waals surface area contributed by atoms with Gasteiger partial charge in [0.2, 0.25) is 5.66 Å². The first kappa shape index (κ1) is 26.5. The lowest BCUT2D eigenvalue weighted by molar-refractivity contribution is -0.116. The minimum Gasteiger partial charge on any atom is -0.357 e. The second-order valence-corrected chi connectivity index (χ2v) is 11.4. The molecule has 8 rings (SSSR count). The number of anilines is 1. The molecule has 3 saturated heterocycles. The Kier molecular flexibility index (Phi) is 6.70. The van der Waals surface area contributed by atoms with Crippen LogP contribution in [0.1, 0.15) is 30.8 Å². The molecule has 0 spiro atoms. The number of nitrogens with one attached hydrogen (secondary N) is 1. The first-order chi connectivity index (χ1) is 21.4. The van der Waals surface area contributed by atoms with E-state index >= 15 is 0 Å². The van der Waals surface area contributed by atoms with Crippen molar-refractivity contribution in [2.75, 3.05) is 57.5 Å².